The van der Waals surface area contributed by atoms with Gasteiger partial charge in [0.15, 0.2) is 21.4 Å². The number of aryl methyl sites for hydroxylation is 1. The van der Waals surface area contributed by atoms with Gasteiger partial charge in [0.05, 0.1) is 31.5 Å². The second-order valence-electron chi connectivity index (χ2n) is 10.5. The fourth-order valence-electron chi connectivity index (χ4n) is 4.10. The Hall–Kier alpha value is -3.84. The molecule has 0 aliphatic rings. The molecule has 0 spiro atoms. The lowest BCUT2D eigenvalue weighted by molar-refractivity contribution is -0.145. The molecule has 18 nitrogen and oxygen atoms in total. The molecule has 0 fully saturated rings. The van der Waals surface area contributed by atoms with Crippen LogP contribution in [0.1, 0.15) is 70.5 Å². The van der Waals surface area contributed by atoms with Crippen molar-refractivity contribution in [3.63, 3.8) is 0 Å². The number of H-pyrrole nitrogens is 1. The van der Waals surface area contributed by atoms with Crippen LogP contribution in [0.3, 0.4) is 0 Å². The highest BCUT2D eigenvalue weighted by molar-refractivity contribution is 7.92. The standard InChI is InChI=1S/C27H44N6O12S/c1-2-5-22(27(40)41)29-25(37)10-9-19(26(38)39)16-21(35)17-45-14-13-44-12-11-28-24(36)8-4-15-46(42,43)18-20(34)6-3-7-23-30-32-33-31-23/h19,22H,2-18H2,1H3,(H,28,36)(H,29,37)(H,38,39)(H,40,41)(H,30,31,32,33). The number of rotatable bonds is 28. The molecule has 19 heteroatoms. The van der Waals surface area contributed by atoms with E-state index in [-0.39, 0.29) is 89.6 Å². The van der Waals surface area contributed by atoms with Gasteiger partial charge in [0, 0.05) is 38.6 Å². The molecule has 1 aromatic rings. The molecule has 0 saturated heterocycles. The molecule has 2 atom stereocenters. The number of ketones is 2. The number of carbonyl (C=O) groups is 6. The number of tetrazole rings is 1. The maximum Gasteiger partial charge on any atom is 0.326 e. The van der Waals surface area contributed by atoms with Crippen molar-refractivity contribution in [2.45, 2.75) is 77.2 Å². The van der Waals surface area contributed by atoms with Crippen LogP contribution in [-0.2, 0) is 54.5 Å². The summed E-state index contributed by atoms with van der Waals surface area (Å²) in [6.45, 7) is 1.82. The predicted molar refractivity (Wildman–Crippen MR) is 159 cm³/mol. The summed E-state index contributed by atoms with van der Waals surface area (Å²) in [5, 5.41) is 36.6. The van der Waals surface area contributed by atoms with Crippen molar-refractivity contribution >= 4 is 45.2 Å². The van der Waals surface area contributed by atoms with Gasteiger partial charge in [-0.25, -0.2) is 13.2 Å². The molecule has 2 unspecified atom stereocenters. The largest absolute Gasteiger partial charge is 0.481 e. The Morgan fingerprint density at radius 2 is 1.63 bits per heavy atom. The molecular weight excluding hydrogens is 632 g/mol. The number of hydrogen-bond acceptors (Lipinski definition) is 13. The maximum atomic E-state index is 12.1. The number of aromatic amines is 1. The minimum atomic E-state index is -3.64. The Morgan fingerprint density at radius 1 is 0.891 bits per heavy atom. The van der Waals surface area contributed by atoms with E-state index in [4.69, 9.17) is 14.6 Å². The van der Waals surface area contributed by atoms with Crippen molar-refractivity contribution in [1.29, 1.82) is 0 Å². The molecule has 1 aromatic heterocycles. The molecule has 0 saturated carbocycles. The number of sulfone groups is 1. The summed E-state index contributed by atoms with van der Waals surface area (Å²) < 4.78 is 34.8. The summed E-state index contributed by atoms with van der Waals surface area (Å²) in [7, 11) is -3.64. The Labute approximate surface area is 266 Å². The number of Topliss-reactive ketones (excluding diaryl/α,β-unsaturated/α-hetero) is 2. The average Bonchev–Trinajstić information content (AvgIpc) is 3.49. The monoisotopic (exact) mass is 676 g/mol. The van der Waals surface area contributed by atoms with Crippen LogP contribution in [0.5, 0.6) is 0 Å². The third-order valence-corrected chi connectivity index (χ3v) is 8.12. The summed E-state index contributed by atoms with van der Waals surface area (Å²) in [4.78, 5) is 70.7. The van der Waals surface area contributed by atoms with Crippen molar-refractivity contribution < 1.29 is 56.9 Å². The molecule has 0 aromatic carbocycles. The van der Waals surface area contributed by atoms with Crippen LogP contribution in [0.25, 0.3) is 0 Å². The van der Waals surface area contributed by atoms with E-state index in [0.29, 0.717) is 25.1 Å². The van der Waals surface area contributed by atoms with Gasteiger partial charge < -0.3 is 30.3 Å². The maximum absolute atomic E-state index is 12.1. The van der Waals surface area contributed by atoms with Crippen molar-refractivity contribution in [3.8, 4) is 0 Å². The first kappa shape index (κ1) is 40.2. The van der Waals surface area contributed by atoms with E-state index in [9.17, 15) is 42.3 Å². The number of nitrogens with one attached hydrogen (secondary N) is 3. The minimum Gasteiger partial charge on any atom is -0.481 e. The zero-order valence-corrected chi connectivity index (χ0v) is 26.7. The predicted octanol–water partition coefficient (Wildman–Crippen LogP) is -0.754. The van der Waals surface area contributed by atoms with Gasteiger partial charge in [-0.3, -0.25) is 24.0 Å². The molecule has 5 N–H and O–H groups in total. The van der Waals surface area contributed by atoms with E-state index >= 15 is 0 Å². The normalized spacial score (nSPS) is 12.6. The highest BCUT2D eigenvalue weighted by atomic mass is 32.2. The lowest BCUT2D eigenvalue weighted by atomic mass is 9.97. The third kappa shape index (κ3) is 19.5. The molecule has 260 valence electrons. The third-order valence-electron chi connectivity index (χ3n) is 6.44. The first-order valence-corrected chi connectivity index (χ1v) is 16.8. The van der Waals surface area contributed by atoms with Crippen LogP contribution >= 0.6 is 0 Å². The Bertz CT molecular complexity index is 1230. The van der Waals surface area contributed by atoms with Gasteiger partial charge in [0.2, 0.25) is 11.8 Å². The number of carboxylic acids is 2. The summed E-state index contributed by atoms with van der Waals surface area (Å²) in [6, 6.07) is -1.05. The zero-order valence-electron chi connectivity index (χ0n) is 25.9. The number of carbonyl (C=O) groups excluding carboxylic acids is 4. The van der Waals surface area contributed by atoms with E-state index in [1.165, 1.54) is 0 Å². The van der Waals surface area contributed by atoms with Crippen LogP contribution in [0, 0.1) is 5.92 Å². The quantitative estimate of drug-likeness (QED) is 0.0683. The molecule has 1 heterocycles. The van der Waals surface area contributed by atoms with Crippen molar-refractivity contribution in [1.82, 2.24) is 31.3 Å². The Balaban J connectivity index is 2.11. The lowest BCUT2D eigenvalue weighted by Gasteiger charge is -2.15. The van der Waals surface area contributed by atoms with Crippen LogP contribution in [0.15, 0.2) is 0 Å². The van der Waals surface area contributed by atoms with Crippen molar-refractivity contribution in [3.05, 3.63) is 5.82 Å². The highest BCUT2D eigenvalue weighted by Gasteiger charge is 2.24. The number of aliphatic carboxylic acids is 2. The minimum absolute atomic E-state index is 0.0293. The van der Waals surface area contributed by atoms with E-state index in [1.807, 2.05) is 0 Å². The summed E-state index contributed by atoms with van der Waals surface area (Å²) in [5.41, 5.74) is 0. The average molecular weight is 677 g/mol. The van der Waals surface area contributed by atoms with Crippen molar-refractivity contribution in [2.75, 3.05) is 44.5 Å². The molecular formula is C27H44N6O12S. The van der Waals surface area contributed by atoms with Crippen LogP contribution in [0.4, 0.5) is 0 Å². The van der Waals surface area contributed by atoms with E-state index in [1.54, 1.807) is 6.92 Å². The number of amides is 2. The number of hydrogen-bond donors (Lipinski definition) is 5. The van der Waals surface area contributed by atoms with Gasteiger partial charge in [-0.15, -0.1) is 10.2 Å². The molecule has 0 aliphatic heterocycles. The second kappa shape index (κ2) is 22.6. The van der Waals surface area contributed by atoms with Gasteiger partial charge >= 0.3 is 11.9 Å². The molecule has 0 radical (unpaired) electrons. The molecule has 0 aliphatic carbocycles. The first-order chi connectivity index (χ1) is 21.8. The first-order valence-electron chi connectivity index (χ1n) is 15.0. The topological polar surface area (TPSA) is 274 Å². The molecule has 1 rings (SSSR count). The molecule has 0 bridgehead atoms. The van der Waals surface area contributed by atoms with Gasteiger partial charge in [0.1, 0.15) is 24.2 Å². The van der Waals surface area contributed by atoms with E-state index < -0.39 is 57.0 Å². The number of aromatic nitrogens is 4. The number of nitrogens with zero attached hydrogens (tertiary/aromatic N) is 3. The smallest absolute Gasteiger partial charge is 0.326 e. The summed E-state index contributed by atoms with van der Waals surface area (Å²) in [5.74, 6) is -5.88. The van der Waals surface area contributed by atoms with Gasteiger partial charge in [-0.1, -0.05) is 18.6 Å². The summed E-state index contributed by atoms with van der Waals surface area (Å²) >= 11 is 0. The lowest BCUT2D eigenvalue weighted by Crippen LogP contribution is -2.40. The van der Waals surface area contributed by atoms with Crippen LogP contribution < -0.4 is 10.6 Å². The van der Waals surface area contributed by atoms with Gasteiger partial charge in [-0.2, -0.15) is 5.21 Å². The number of carboxylic acid groups (broad SMARTS) is 2. The van der Waals surface area contributed by atoms with E-state index in [0.717, 1.165) is 0 Å². The number of ether oxygens (including phenoxy) is 2. The van der Waals surface area contributed by atoms with Crippen LogP contribution in [-0.4, -0.2) is 125 Å². The SMILES string of the molecule is CCCC(NC(=O)CCC(CC(=O)COCCOCCNC(=O)CCCS(=O)(=O)CC(=O)CCCc1nn[nH]n1)C(=O)O)C(=O)O. The zero-order chi connectivity index (χ0) is 34.4. The van der Waals surface area contributed by atoms with Crippen molar-refractivity contribution in [2.24, 2.45) is 5.92 Å². The summed E-state index contributed by atoms with van der Waals surface area (Å²) in [6.07, 6.45) is 0.939. The van der Waals surface area contributed by atoms with Gasteiger partial charge in [0.25, 0.3) is 0 Å². The molecule has 46 heavy (non-hydrogen) atoms. The highest BCUT2D eigenvalue weighted by Crippen LogP contribution is 2.13. The Morgan fingerprint density at radius 3 is 2.28 bits per heavy atom. The van der Waals surface area contributed by atoms with E-state index in [2.05, 4.69) is 31.3 Å². The fourth-order valence-corrected chi connectivity index (χ4v) is 5.46. The Kier molecular flexibility index (Phi) is 19.8. The fraction of sp³-hybridized carbons (Fsp3) is 0.741. The second-order valence-corrected chi connectivity index (χ2v) is 12.7. The molecule has 2 amide bonds. The van der Waals surface area contributed by atoms with Gasteiger partial charge in [-0.05, 0) is 25.7 Å². The van der Waals surface area contributed by atoms with Crippen LogP contribution in [0.2, 0.25) is 0 Å².